The van der Waals surface area contributed by atoms with E-state index >= 15 is 0 Å². The van der Waals surface area contributed by atoms with E-state index in [-0.39, 0.29) is 6.10 Å². The second-order valence-corrected chi connectivity index (χ2v) is 12.1. The molecule has 0 saturated carbocycles. The molecule has 216 valence electrons. The van der Waals surface area contributed by atoms with Crippen molar-refractivity contribution in [1.29, 1.82) is 5.26 Å². The monoisotopic (exact) mass is 583 g/mol. The van der Waals surface area contributed by atoms with Crippen molar-refractivity contribution in [2.24, 2.45) is 0 Å². The number of rotatable bonds is 11. The minimum atomic E-state index is -3.44. The predicted molar refractivity (Wildman–Crippen MR) is 163 cm³/mol. The minimum absolute atomic E-state index is 0.0661. The quantitative estimate of drug-likeness (QED) is 0.218. The number of sulfonamides is 1. The summed E-state index contributed by atoms with van der Waals surface area (Å²) in [6.45, 7) is 4.30. The summed E-state index contributed by atoms with van der Waals surface area (Å²) in [5.41, 5.74) is 4.82. The lowest BCUT2D eigenvalue weighted by molar-refractivity contribution is 0.141. The van der Waals surface area contributed by atoms with Crippen LogP contribution in [0.1, 0.15) is 28.7 Å². The zero-order chi connectivity index (χ0) is 29.5. The minimum Gasteiger partial charge on any atom is -0.488 e. The number of anilines is 2. The lowest BCUT2D eigenvalue weighted by atomic mass is 10.1. The Kier molecular flexibility index (Phi) is 8.96. The number of nitrogens with one attached hydrogen (secondary N) is 1. The molecule has 1 aliphatic heterocycles. The number of hydrogen-bond donors (Lipinski definition) is 1. The molecule has 1 atom stereocenters. The average Bonchev–Trinajstić information content (AvgIpc) is 3.47. The lowest BCUT2D eigenvalue weighted by Crippen LogP contribution is -2.23. The lowest BCUT2D eigenvalue weighted by Gasteiger charge is -2.28. The Labute approximate surface area is 247 Å². The largest absolute Gasteiger partial charge is 0.488 e. The zero-order valence-electron chi connectivity index (χ0n) is 23.6. The summed E-state index contributed by atoms with van der Waals surface area (Å²) in [6, 6.07) is 30.7. The number of nitrogens with zero attached hydrogens (tertiary/aromatic N) is 2. The molecule has 0 aliphatic carbocycles. The van der Waals surface area contributed by atoms with E-state index in [0.717, 1.165) is 47.4 Å². The van der Waals surface area contributed by atoms with E-state index in [2.05, 4.69) is 15.7 Å². The summed E-state index contributed by atoms with van der Waals surface area (Å²) in [5, 5.41) is 9.39. The average molecular weight is 584 g/mol. The number of benzene rings is 4. The van der Waals surface area contributed by atoms with Gasteiger partial charge in [-0.05, 0) is 72.1 Å². The third-order valence-electron chi connectivity index (χ3n) is 6.90. The van der Waals surface area contributed by atoms with E-state index in [9.17, 15) is 13.7 Å². The van der Waals surface area contributed by atoms with Gasteiger partial charge in [0.05, 0.1) is 36.8 Å². The van der Waals surface area contributed by atoms with Gasteiger partial charge in [-0.25, -0.2) is 8.42 Å². The van der Waals surface area contributed by atoms with Crippen LogP contribution in [0.3, 0.4) is 0 Å². The van der Waals surface area contributed by atoms with Gasteiger partial charge in [0.1, 0.15) is 23.4 Å². The highest BCUT2D eigenvalue weighted by atomic mass is 32.2. The van der Waals surface area contributed by atoms with Gasteiger partial charge in [0.25, 0.3) is 0 Å². The van der Waals surface area contributed by atoms with Gasteiger partial charge in [-0.3, -0.25) is 4.72 Å². The second-order valence-electron chi connectivity index (χ2n) is 10.3. The number of nitriles is 1. The summed E-state index contributed by atoms with van der Waals surface area (Å²) in [7, 11) is -3.44. The van der Waals surface area contributed by atoms with Crippen LogP contribution in [0, 0.1) is 18.3 Å². The number of hydrogen-bond acceptors (Lipinski definition) is 7. The molecule has 8 nitrogen and oxygen atoms in total. The van der Waals surface area contributed by atoms with Crippen molar-refractivity contribution in [3.05, 3.63) is 113 Å². The Hall–Kier alpha value is -4.52. The molecule has 42 heavy (non-hydrogen) atoms. The van der Waals surface area contributed by atoms with Crippen molar-refractivity contribution in [3.63, 3.8) is 0 Å². The molecule has 0 bridgehead atoms. The molecule has 0 aromatic heterocycles. The Balaban J connectivity index is 1.35. The van der Waals surface area contributed by atoms with Crippen LogP contribution >= 0.6 is 0 Å². The molecule has 0 spiro atoms. The van der Waals surface area contributed by atoms with E-state index < -0.39 is 10.0 Å². The fourth-order valence-electron chi connectivity index (χ4n) is 4.89. The molecule has 5 rings (SSSR count). The molecule has 4 aromatic carbocycles. The maximum Gasteiger partial charge on any atom is 0.229 e. The molecule has 1 N–H and O–H groups in total. The van der Waals surface area contributed by atoms with Crippen LogP contribution in [0.4, 0.5) is 11.4 Å². The van der Waals surface area contributed by atoms with Gasteiger partial charge >= 0.3 is 0 Å². The maximum atomic E-state index is 12.0. The van der Waals surface area contributed by atoms with Crippen molar-refractivity contribution in [2.75, 3.05) is 29.1 Å². The Bertz CT molecular complexity index is 1680. The highest BCUT2D eigenvalue weighted by Gasteiger charge is 2.18. The first-order valence-corrected chi connectivity index (χ1v) is 15.6. The smallest absolute Gasteiger partial charge is 0.229 e. The van der Waals surface area contributed by atoms with Crippen LogP contribution in [0.15, 0.2) is 91.0 Å². The Morgan fingerprint density at radius 1 is 0.929 bits per heavy atom. The SMILES string of the molecule is Cc1c(NS(C)(=O)=O)cccc1N(Cc1ccc(Oc2cccc(OC3CCOC3)c2)cc1)Cc1cccc(C#N)c1. The molecule has 4 aromatic rings. The first-order valence-electron chi connectivity index (χ1n) is 13.7. The molecule has 1 heterocycles. The summed E-state index contributed by atoms with van der Waals surface area (Å²) in [5.74, 6) is 2.13. The fraction of sp³-hybridized carbons (Fsp3) is 0.242. The topological polar surface area (TPSA) is 101 Å². The van der Waals surface area contributed by atoms with Gasteiger partial charge in [0.2, 0.25) is 10.0 Å². The molecule has 9 heteroatoms. The first-order chi connectivity index (χ1) is 20.3. The highest BCUT2D eigenvalue weighted by Crippen LogP contribution is 2.31. The predicted octanol–water partition coefficient (Wildman–Crippen LogP) is 6.41. The van der Waals surface area contributed by atoms with Crippen LogP contribution in [-0.4, -0.2) is 34.0 Å². The standard InChI is InChI=1S/C33H33N3O5S/c1-24-32(35-42(2,37)38)10-5-11-33(24)36(22-27-7-3-6-26(18-27)20-34)21-25-12-14-28(15-13-25)40-29-8-4-9-30(19-29)41-31-16-17-39-23-31/h3-15,18-19,31,35H,16-17,21-23H2,1-2H3. The molecular weight excluding hydrogens is 550 g/mol. The molecule has 1 unspecified atom stereocenters. The van der Waals surface area contributed by atoms with Crippen molar-refractivity contribution >= 4 is 21.4 Å². The van der Waals surface area contributed by atoms with Crippen LogP contribution < -0.4 is 19.1 Å². The van der Waals surface area contributed by atoms with Gasteiger partial charge in [0, 0.05) is 31.3 Å². The molecule has 1 aliphatic rings. The first kappa shape index (κ1) is 29.0. The third-order valence-corrected chi connectivity index (χ3v) is 7.49. The van der Waals surface area contributed by atoms with Gasteiger partial charge < -0.3 is 19.1 Å². The van der Waals surface area contributed by atoms with Crippen LogP contribution in [0.25, 0.3) is 0 Å². The highest BCUT2D eigenvalue weighted by molar-refractivity contribution is 7.92. The van der Waals surface area contributed by atoms with Crippen LogP contribution in [0.5, 0.6) is 17.2 Å². The van der Waals surface area contributed by atoms with Gasteiger partial charge in [-0.1, -0.05) is 36.4 Å². The van der Waals surface area contributed by atoms with Gasteiger partial charge in [0.15, 0.2) is 0 Å². The van der Waals surface area contributed by atoms with Crippen LogP contribution in [-0.2, 0) is 27.8 Å². The van der Waals surface area contributed by atoms with E-state index in [1.807, 2.05) is 85.8 Å². The summed E-state index contributed by atoms with van der Waals surface area (Å²) in [6.07, 6.45) is 2.09. The molecule has 0 radical (unpaired) electrons. The molecule has 1 saturated heterocycles. The summed E-state index contributed by atoms with van der Waals surface area (Å²) in [4.78, 5) is 2.17. The van der Waals surface area contributed by atoms with Crippen molar-refractivity contribution < 1.29 is 22.6 Å². The van der Waals surface area contributed by atoms with E-state index in [4.69, 9.17) is 14.2 Å². The second kappa shape index (κ2) is 13.0. The van der Waals surface area contributed by atoms with E-state index in [1.54, 1.807) is 12.1 Å². The van der Waals surface area contributed by atoms with Crippen molar-refractivity contribution in [1.82, 2.24) is 0 Å². The van der Waals surface area contributed by atoms with Gasteiger partial charge in [-0.2, -0.15) is 5.26 Å². The fourth-order valence-corrected chi connectivity index (χ4v) is 5.51. The molecule has 0 amide bonds. The Morgan fingerprint density at radius 3 is 2.40 bits per heavy atom. The van der Waals surface area contributed by atoms with E-state index in [1.165, 1.54) is 0 Å². The number of ether oxygens (including phenoxy) is 3. The van der Waals surface area contributed by atoms with Crippen LogP contribution in [0.2, 0.25) is 0 Å². The Morgan fingerprint density at radius 2 is 1.67 bits per heavy atom. The van der Waals surface area contributed by atoms with Crippen molar-refractivity contribution in [2.45, 2.75) is 32.5 Å². The summed E-state index contributed by atoms with van der Waals surface area (Å²) >= 11 is 0. The van der Waals surface area contributed by atoms with E-state index in [0.29, 0.717) is 42.4 Å². The van der Waals surface area contributed by atoms with Gasteiger partial charge in [-0.15, -0.1) is 0 Å². The normalized spacial score (nSPS) is 14.6. The molecular formula is C33H33N3O5S. The molecule has 1 fully saturated rings. The van der Waals surface area contributed by atoms with Crippen molar-refractivity contribution in [3.8, 4) is 23.3 Å². The maximum absolute atomic E-state index is 12.0. The summed E-state index contributed by atoms with van der Waals surface area (Å²) < 4.78 is 44.1. The third kappa shape index (κ3) is 7.81. The zero-order valence-corrected chi connectivity index (χ0v) is 24.4.